The number of rotatable bonds is 1. The van der Waals surface area contributed by atoms with Gasteiger partial charge in [-0.1, -0.05) is 11.8 Å². The molecular formula is C9H8ClNO. The summed E-state index contributed by atoms with van der Waals surface area (Å²) >= 11 is 5.42. The van der Waals surface area contributed by atoms with E-state index < -0.39 is 0 Å². The van der Waals surface area contributed by atoms with Gasteiger partial charge in [-0.2, -0.15) is 0 Å². The molecule has 0 aliphatic heterocycles. The van der Waals surface area contributed by atoms with Crippen molar-refractivity contribution in [2.24, 2.45) is 0 Å². The minimum Gasteiger partial charge on any atom is -0.328 e. The molecule has 1 rings (SSSR count). The van der Waals surface area contributed by atoms with Gasteiger partial charge < -0.3 is 4.98 Å². The number of pyridine rings is 1. The van der Waals surface area contributed by atoms with Gasteiger partial charge in [0.1, 0.15) is 0 Å². The minimum atomic E-state index is -0.153. The van der Waals surface area contributed by atoms with Gasteiger partial charge in [0.15, 0.2) is 0 Å². The molecular weight excluding hydrogens is 174 g/mol. The van der Waals surface area contributed by atoms with Crippen LogP contribution in [0.4, 0.5) is 0 Å². The number of aromatic nitrogens is 1. The van der Waals surface area contributed by atoms with Crippen molar-refractivity contribution in [1.29, 1.82) is 0 Å². The van der Waals surface area contributed by atoms with Crippen molar-refractivity contribution in [2.45, 2.75) is 6.42 Å². The zero-order valence-corrected chi connectivity index (χ0v) is 7.19. The Hall–Kier alpha value is -1.20. The van der Waals surface area contributed by atoms with Gasteiger partial charge in [-0.25, -0.2) is 0 Å². The van der Waals surface area contributed by atoms with E-state index in [9.17, 15) is 4.79 Å². The van der Waals surface area contributed by atoms with Gasteiger partial charge >= 0.3 is 0 Å². The third-order valence-electron chi connectivity index (χ3n) is 1.26. The summed E-state index contributed by atoms with van der Waals surface area (Å²) in [7, 11) is 0. The maximum atomic E-state index is 11.0. The van der Waals surface area contributed by atoms with E-state index in [2.05, 4.69) is 16.8 Å². The predicted molar refractivity (Wildman–Crippen MR) is 49.3 cm³/mol. The van der Waals surface area contributed by atoms with Gasteiger partial charge in [0.05, 0.1) is 5.56 Å². The molecule has 0 radical (unpaired) electrons. The molecule has 0 unspecified atom stereocenters. The summed E-state index contributed by atoms with van der Waals surface area (Å²) in [5, 5.41) is 0. The molecule has 0 saturated heterocycles. The minimum absolute atomic E-state index is 0.153. The van der Waals surface area contributed by atoms with Crippen LogP contribution in [0.1, 0.15) is 12.0 Å². The molecule has 0 atom stereocenters. The molecule has 0 amide bonds. The largest absolute Gasteiger partial charge is 0.328 e. The van der Waals surface area contributed by atoms with Crippen molar-refractivity contribution in [3.8, 4) is 11.8 Å². The first-order chi connectivity index (χ1) is 5.84. The molecule has 1 aromatic heterocycles. The zero-order valence-electron chi connectivity index (χ0n) is 6.43. The third-order valence-corrected chi connectivity index (χ3v) is 1.45. The van der Waals surface area contributed by atoms with E-state index in [1.807, 2.05) is 0 Å². The number of H-pyrrole nitrogens is 1. The molecule has 12 heavy (non-hydrogen) atoms. The quantitative estimate of drug-likeness (QED) is 0.515. The van der Waals surface area contributed by atoms with Crippen molar-refractivity contribution in [3.63, 3.8) is 0 Å². The Kier molecular flexibility index (Phi) is 3.43. The first-order valence-corrected chi connectivity index (χ1v) is 4.10. The molecule has 0 bridgehead atoms. The molecule has 0 aliphatic carbocycles. The fourth-order valence-electron chi connectivity index (χ4n) is 0.725. The van der Waals surface area contributed by atoms with Crippen LogP contribution < -0.4 is 5.56 Å². The normalized spacial score (nSPS) is 8.75. The van der Waals surface area contributed by atoms with Crippen LogP contribution >= 0.6 is 11.6 Å². The monoisotopic (exact) mass is 181 g/mol. The molecule has 0 fully saturated rings. The molecule has 2 nitrogen and oxygen atoms in total. The summed E-state index contributed by atoms with van der Waals surface area (Å²) in [4.78, 5) is 13.6. The van der Waals surface area contributed by atoms with Crippen LogP contribution in [0.2, 0.25) is 0 Å². The fraction of sp³-hybridized carbons (Fsp3) is 0.222. The number of aromatic amines is 1. The van der Waals surface area contributed by atoms with Gasteiger partial charge in [-0.15, -0.1) is 11.6 Å². The Morgan fingerprint density at radius 2 is 2.42 bits per heavy atom. The van der Waals surface area contributed by atoms with Crippen LogP contribution in [0.25, 0.3) is 0 Å². The fourth-order valence-corrected chi connectivity index (χ4v) is 0.819. The lowest BCUT2D eigenvalue weighted by atomic mass is 10.3. The van der Waals surface area contributed by atoms with E-state index in [0.717, 1.165) is 0 Å². The van der Waals surface area contributed by atoms with Crippen LogP contribution in [-0.4, -0.2) is 10.9 Å². The number of hydrogen-bond acceptors (Lipinski definition) is 1. The Balaban J connectivity index is 2.85. The lowest BCUT2D eigenvalue weighted by Crippen LogP contribution is -2.07. The summed E-state index contributed by atoms with van der Waals surface area (Å²) < 4.78 is 0. The first-order valence-electron chi connectivity index (χ1n) is 3.57. The van der Waals surface area contributed by atoms with Crippen LogP contribution in [0.3, 0.4) is 0 Å². The summed E-state index contributed by atoms with van der Waals surface area (Å²) in [5.74, 6) is 6.02. The number of alkyl halides is 1. The summed E-state index contributed by atoms with van der Waals surface area (Å²) in [6.45, 7) is 0. The summed E-state index contributed by atoms with van der Waals surface area (Å²) in [6.07, 6.45) is 2.19. The van der Waals surface area contributed by atoms with Crippen molar-refractivity contribution >= 4 is 11.6 Å². The third kappa shape index (κ3) is 2.44. The second-order valence-electron chi connectivity index (χ2n) is 2.15. The standard InChI is InChI=1S/C9H8ClNO/c10-6-2-1-4-8-5-3-7-11-9(8)12/h3,5,7H,2,6H2,(H,11,12). The topological polar surface area (TPSA) is 32.9 Å². The number of hydrogen-bond donors (Lipinski definition) is 1. The molecule has 0 aliphatic rings. The maximum absolute atomic E-state index is 11.0. The number of halogens is 1. The summed E-state index contributed by atoms with van der Waals surface area (Å²) in [5.41, 5.74) is 0.335. The van der Waals surface area contributed by atoms with E-state index in [4.69, 9.17) is 11.6 Å². The molecule has 62 valence electrons. The van der Waals surface area contributed by atoms with E-state index in [1.165, 1.54) is 0 Å². The van der Waals surface area contributed by atoms with Crippen LogP contribution in [-0.2, 0) is 0 Å². The van der Waals surface area contributed by atoms with Crippen molar-refractivity contribution in [1.82, 2.24) is 4.98 Å². The molecule has 0 saturated carbocycles. The lowest BCUT2D eigenvalue weighted by Gasteiger charge is -1.85. The highest BCUT2D eigenvalue weighted by atomic mass is 35.5. The Bertz CT molecular complexity index is 359. The molecule has 0 spiro atoms. The van der Waals surface area contributed by atoms with Gasteiger partial charge in [-0.05, 0) is 12.1 Å². The van der Waals surface area contributed by atoms with Crippen molar-refractivity contribution in [3.05, 3.63) is 34.2 Å². The summed E-state index contributed by atoms with van der Waals surface area (Å²) in [6, 6.07) is 3.42. The second kappa shape index (κ2) is 4.63. The van der Waals surface area contributed by atoms with Crippen molar-refractivity contribution in [2.75, 3.05) is 5.88 Å². The number of nitrogens with one attached hydrogen (secondary N) is 1. The first kappa shape index (κ1) is 8.89. The molecule has 0 aromatic carbocycles. The zero-order chi connectivity index (χ0) is 8.81. The molecule has 1 heterocycles. The average Bonchev–Trinajstić information content (AvgIpc) is 2.09. The lowest BCUT2D eigenvalue weighted by molar-refractivity contribution is 1.22. The highest BCUT2D eigenvalue weighted by Gasteiger charge is 1.89. The average molecular weight is 182 g/mol. The van der Waals surface area contributed by atoms with Gasteiger partial charge in [0, 0.05) is 18.5 Å². The highest BCUT2D eigenvalue weighted by molar-refractivity contribution is 6.18. The molecule has 3 heteroatoms. The van der Waals surface area contributed by atoms with Gasteiger partial charge in [-0.3, -0.25) is 4.79 Å². The van der Waals surface area contributed by atoms with E-state index in [0.29, 0.717) is 17.9 Å². The van der Waals surface area contributed by atoms with Crippen LogP contribution in [0.15, 0.2) is 23.1 Å². The second-order valence-corrected chi connectivity index (χ2v) is 2.53. The van der Waals surface area contributed by atoms with Gasteiger partial charge in [0.25, 0.3) is 5.56 Å². The van der Waals surface area contributed by atoms with E-state index in [-0.39, 0.29) is 5.56 Å². The van der Waals surface area contributed by atoms with Crippen LogP contribution in [0, 0.1) is 11.8 Å². The van der Waals surface area contributed by atoms with Crippen LogP contribution in [0.5, 0.6) is 0 Å². The molecule has 1 aromatic rings. The van der Waals surface area contributed by atoms with Crippen molar-refractivity contribution < 1.29 is 0 Å². The smallest absolute Gasteiger partial charge is 0.263 e. The SMILES string of the molecule is O=c1[nH]cccc1C#CCCCl. The Morgan fingerprint density at radius 1 is 1.58 bits per heavy atom. The van der Waals surface area contributed by atoms with Gasteiger partial charge in [0.2, 0.25) is 0 Å². The maximum Gasteiger partial charge on any atom is 0.263 e. The predicted octanol–water partition coefficient (Wildman–Crippen LogP) is 1.36. The van der Waals surface area contributed by atoms with E-state index in [1.54, 1.807) is 18.3 Å². The highest BCUT2D eigenvalue weighted by Crippen LogP contribution is 1.86. The Morgan fingerprint density at radius 3 is 3.08 bits per heavy atom. The molecule has 1 N–H and O–H groups in total. The Labute approximate surface area is 75.6 Å². The van der Waals surface area contributed by atoms with E-state index >= 15 is 0 Å².